The van der Waals surface area contributed by atoms with Crippen LogP contribution in [-0.2, 0) is 6.18 Å². The third-order valence-electron chi connectivity index (χ3n) is 4.50. The topological polar surface area (TPSA) is 63.0 Å². The Hall–Kier alpha value is -2.39. The fourth-order valence-corrected chi connectivity index (χ4v) is 3.01. The van der Waals surface area contributed by atoms with Crippen molar-refractivity contribution < 1.29 is 13.2 Å². The van der Waals surface area contributed by atoms with Gasteiger partial charge < -0.3 is 9.80 Å². The van der Waals surface area contributed by atoms with Crippen molar-refractivity contribution in [2.75, 3.05) is 37.0 Å². The maximum atomic E-state index is 12.8. The summed E-state index contributed by atoms with van der Waals surface area (Å²) >= 11 is 0. The van der Waals surface area contributed by atoms with Crippen molar-refractivity contribution in [1.29, 1.82) is 0 Å². The first-order chi connectivity index (χ1) is 12.6. The van der Waals surface area contributed by atoms with Gasteiger partial charge in [-0.2, -0.15) is 33.2 Å². The lowest BCUT2D eigenvalue weighted by atomic mass is 10.1. The third kappa shape index (κ3) is 4.30. The third-order valence-corrected chi connectivity index (χ3v) is 4.50. The van der Waals surface area contributed by atoms with Gasteiger partial charge in [-0.3, -0.25) is 4.68 Å². The first-order valence-electron chi connectivity index (χ1n) is 8.95. The van der Waals surface area contributed by atoms with Crippen LogP contribution in [0.25, 0.3) is 0 Å². The average molecular weight is 383 g/mol. The molecule has 0 N–H and O–H groups in total. The Morgan fingerprint density at radius 2 is 1.93 bits per heavy atom. The van der Waals surface area contributed by atoms with Gasteiger partial charge in [0.1, 0.15) is 5.82 Å². The number of halogens is 3. The van der Waals surface area contributed by atoms with E-state index in [1.165, 1.54) is 10.9 Å². The van der Waals surface area contributed by atoms with Crippen LogP contribution in [0.1, 0.15) is 50.2 Å². The molecule has 10 heteroatoms. The van der Waals surface area contributed by atoms with Crippen molar-refractivity contribution in [1.82, 2.24) is 24.7 Å². The Morgan fingerprint density at radius 1 is 1.19 bits per heavy atom. The van der Waals surface area contributed by atoms with Gasteiger partial charge in [-0.15, -0.1) is 0 Å². The summed E-state index contributed by atoms with van der Waals surface area (Å²) < 4.78 is 39.9. The second kappa shape index (κ2) is 7.32. The van der Waals surface area contributed by atoms with Crippen LogP contribution in [0.5, 0.6) is 0 Å². The molecule has 0 spiro atoms. The molecule has 1 unspecified atom stereocenters. The first kappa shape index (κ1) is 19.4. The van der Waals surface area contributed by atoms with E-state index in [1.54, 1.807) is 0 Å². The molecule has 0 aliphatic carbocycles. The lowest BCUT2D eigenvalue weighted by Crippen LogP contribution is -2.38. The van der Waals surface area contributed by atoms with Crippen molar-refractivity contribution >= 4 is 11.9 Å². The number of nitrogens with zero attached hydrogens (tertiary/aromatic N) is 7. The molecule has 27 heavy (non-hydrogen) atoms. The SMILES string of the molecule is CC(C)c1nc(N(C)C)nc(N2CCCC(n3ccc(C(F)(F)F)n3)C2)n1. The summed E-state index contributed by atoms with van der Waals surface area (Å²) in [7, 11) is 3.73. The molecule has 3 rings (SSSR count). The van der Waals surface area contributed by atoms with Gasteiger partial charge >= 0.3 is 6.18 Å². The summed E-state index contributed by atoms with van der Waals surface area (Å²) in [5.41, 5.74) is -0.864. The number of alkyl halides is 3. The molecule has 0 aromatic carbocycles. The molecule has 1 aliphatic heterocycles. The zero-order valence-corrected chi connectivity index (χ0v) is 15.9. The molecule has 1 aliphatic rings. The summed E-state index contributed by atoms with van der Waals surface area (Å²) in [6.45, 7) is 5.28. The van der Waals surface area contributed by atoms with E-state index in [9.17, 15) is 13.2 Å². The monoisotopic (exact) mass is 383 g/mol. The lowest BCUT2D eigenvalue weighted by Gasteiger charge is -2.33. The van der Waals surface area contributed by atoms with E-state index in [1.807, 2.05) is 37.7 Å². The molecular formula is C17H24F3N7. The van der Waals surface area contributed by atoms with Crippen molar-refractivity contribution in [3.63, 3.8) is 0 Å². The standard InChI is InChI=1S/C17H24F3N7/c1-11(2)14-21-15(25(3)4)23-16(22-14)26-8-5-6-12(10-26)27-9-7-13(24-27)17(18,19)20/h7,9,11-12H,5-6,8,10H2,1-4H3. The van der Waals surface area contributed by atoms with E-state index >= 15 is 0 Å². The highest BCUT2D eigenvalue weighted by Crippen LogP contribution is 2.30. The Morgan fingerprint density at radius 3 is 2.52 bits per heavy atom. The Kier molecular flexibility index (Phi) is 5.25. The van der Waals surface area contributed by atoms with Crippen molar-refractivity contribution in [3.05, 3.63) is 23.8 Å². The molecule has 2 aromatic heterocycles. The van der Waals surface area contributed by atoms with Gasteiger partial charge in [-0.05, 0) is 18.9 Å². The largest absolute Gasteiger partial charge is 0.435 e. The van der Waals surface area contributed by atoms with Gasteiger partial charge in [-0.1, -0.05) is 13.8 Å². The summed E-state index contributed by atoms with van der Waals surface area (Å²) in [4.78, 5) is 17.4. The van der Waals surface area contributed by atoms with E-state index in [-0.39, 0.29) is 12.0 Å². The molecule has 3 heterocycles. The molecule has 148 valence electrons. The summed E-state index contributed by atoms with van der Waals surface area (Å²) in [6, 6.07) is 0.861. The van der Waals surface area contributed by atoms with E-state index in [0.717, 1.165) is 25.5 Å². The highest BCUT2D eigenvalue weighted by Gasteiger charge is 2.34. The fraction of sp³-hybridized carbons (Fsp3) is 0.647. The van der Waals surface area contributed by atoms with Crippen molar-refractivity contribution in [2.45, 2.75) is 44.8 Å². The Bertz CT molecular complexity index is 759. The minimum atomic E-state index is -4.43. The van der Waals surface area contributed by atoms with Gasteiger partial charge in [0.2, 0.25) is 11.9 Å². The minimum absolute atomic E-state index is 0.145. The first-order valence-corrected chi connectivity index (χ1v) is 8.95. The number of hydrogen-bond acceptors (Lipinski definition) is 6. The molecule has 0 bridgehead atoms. The molecule has 0 saturated carbocycles. The number of piperidine rings is 1. The summed E-state index contributed by atoms with van der Waals surface area (Å²) in [5, 5.41) is 3.73. The second-order valence-electron chi connectivity index (χ2n) is 7.26. The highest BCUT2D eigenvalue weighted by molar-refractivity contribution is 5.39. The smallest absolute Gasteiger partial charge is 0.347 e. The van der Waals surface area contributed by atoms with Crippen LogP contribution < -0.4 is 9.80 Å². The molecule has 0 amide bonds. The molecule has 1 saturated heterocycles. The number of aromatic nitrogens is 5. The van der Waals surface area contributed by atoms with E-state index in [2.05, 4.69) is 20.1 Å². The van der Waals surface area contributed by atoms with Crippen LogP contribution in [0, 0.1) is 0 Å². The number of anilines is 2. The van der Waals surface area contributed by atoms with Crippen LogP contribution in [-0.4, -0.2) is 51.9 Å². The normalized spacial score (nSPS) is 18.2. The van der Waals surface area contributed by atoms with Crippen LogP contribution in [0.2, 0.25) is 0 Å². The Labute approximate surface area is 156 Å². The summed E-state index contributed by atoms with van der Waals surface area (Å²) in [6.07, 6.45) is -1.44. The predicted octanol–water partition coefficient (Wildman–Crippen LogP) is 3.12. The average Bonchev–Trinajstić information content (AvgIpc) is 3.12. The van der Waals surface area contributed by atoms with Gasteiger partial charge in [0.25, 0.3) is 0 Å². The predicted molar refractivity (Wildman–Crippen MR) is 96.0 cm³/mol. The molecule has 1 atom stereocenters. The molecule has 1 fully saturated rings. The maximum absolute atomic E-state index is 12.8. The number of rotatable bonds is 4. The van der Waals surface area contributed by atoms with Crippen LogP contribution in [0.4, 0.5) is 25.1 Å². The van der Waals surface area contributed by atoms with Gasteiger partial charge in [-0.25, -0.2) is 0 Å². The quantitative estimate of drug-likeness (QED) is 0.808. The highest BCUT2D eigenvalue weighted by atomic mass is 19.4. The van der Waals surface area contributed by atoms with Crippen LogP contribution in [0.3, 0.4) is 0 Å². The summed E-state index contributed by atoms with van der Waals surface area (Å²) in [5.74, 6) is 1.98. The van der Waals surface area contributed by atoms with E-state index < -0.39 is 11.9 Å². The van der Waals surface area contributed by atoms with Crippen molar-refractivity contribution in [3.8, 4) is 0 Å². The van der Waals surface area contributed by atoms with Gasteiger partial charge in [0.05, 0.1) is 6.04 Å². The Balaban J connectivity index is 1.85. The van der Waals surface area contributed by atoms with E-state index in [0.29, 0.717) is 24.3 Å². The lowest BCUT2D eigenvalue weighted by molar-refractivity contribution is -0.141. The van der Waals surface area contributed by atoms with Crippen LogP contribution >= 0.6 is 0 Å². The van der Waals surface area contributed by atoms with Gasteiger partial charge in [0, 0.05) is 39.3 Å². The van der Waals surface area contributed by atoms with Crippen LogP contribution in [0.15, 0.2) is 12.3 Å². The maximum Gasteiger partial charge on any atom is 0.435 e. The van der Waals surface area contributed by atoms with Gasteiger partial charge in [0.15, 0.2) is 5.69 Å². The molecule has 7 nitrogen and oxygen atoms in total. The zero-order valence-electron chi connectivity index (χ0n) is 15.9. The minimum Gasteiger partial charge on any atom is -0.347 e. The molecule has 0 radical (unpaired) electrons. The molecule has 2 aromatic rings. The van der Waals surface area contributed by atoms with Crippen molar-refractivity contribution in [2.24, 2.45) is 0 Å². The molecular weight excluding hydrogens is 359 g/mol. The zero-order chi connectivity index (χ0) is 19.8. The van der Waals surface area contributed by atoms with E-state index in [4.69, 9.17) is 0 Å². The second-order valence-corrected chi connectivity index (χ2v) is 7.26. The fourth-order valence-electron chi connectivity index (χ4n) is 3.01. The number of hydrogen-bond donors (Lipinski definition) is 0.